The van der Waals surface area contributed by atoms with Crippen molar-refractivity contribution in [3.8, 4) is 0 Å². The molecule has 0 spiro atoms. The average molecular weight is 272 g/mol. The van der Waals surface area contributed by atoms with E-state index in [0.717, 1.165) is 11.3 Å². The van der Waals surface area contributed by atoms with Gasteiger partial charge in [0.05, 0.1) is 6.54 Å². The molecule has 0 bridgehead atoms. The summed E-state index contributed by atoms with van der Waals surface area (Å²) in [6.07, 6.45) is 3.37. The molecular formula is C9H12N4O2S2. The molecule has 2 rings (SSSR count). The van der Waals surface area contributed by atoms with Gasteiger partial charge in [0.1, 0.15) is 10.0 Å². The van der Waals surface area contributed by atoms with Gasteiger partial charge in [-0.1, -0.05) is 0 Å². The Hall–Kier alpha value is -1.38. The largest absolute Gasteiger partial charge is 0.398 e. The fourth-order valence-electron chi connectivity index (χ4n) is 1.27. The lowest BCUT2D eigenvalue weighted by molar-refractivity contribution is 0.579. The van der Waals surface area contributed by atoms with Crippen LogP contribution in [0.25, 0.3) is 0 Å². The van der Waals surface area contributed by atoms with E-state index < -0.39 is 10.0 Å². The average Bonchev–Trinajstić information content (AvgIpc) is 2.85. The third-order valence-electron chi connectivity index (χ3n) is 2.20. The minimum atomic E-state index is -3.50. The lowest BCUT2D eigenvalue weighted by Gasteiger charge is -2.04. The third-order valence-corrected chi connectivity index (χ3v) is 5.06. The van der Waals surface area contributed by atoms with Gasteiger partial charge in [-0.2, -0.15) is 0 Å². The number of sulfonamides is 1. The molecule has 92 valence electrons. The van der Waals surface area contributed by atoms with Crippen LogP contribution in [-0.4, -0.2) is 18.0 Å². The number of imidazole rings is 1. The number of nitrogens with zero attached hydrogens (tertiary/aromatic N) is 2. The van der Waals surface area contributed by atoms with Crippen molar-refractivity contribution >= 4 is 27.0 Å². The zero-order chi connectivity index (χ0) is 12.5. The number of aryl methyl sites for hydroxylation is 1. The molecule has 2 aromatic rings. The molecule has 0 aliphatic carbocycles. The first-order valence-corrected chi connectivity index (χ1v) is 7.15. The van der Waals surface area contributed by atoms with Crippen LogP contribution in [0.4, 0.5) is 5.69 Å². The number of rotatable bonds is 4. The highest BCUT2D eigenvalue weighted by atomic mass is 32.2. The van der Waals surface area contributed by atoms with Crippen molar-refractivity contribution in [1.82, 2.24) is 14.3 Å². The summed E-state index contributed by atoms with van der Waals surface area (Å²) in [6, 6.07) is 1.44. The van der Waals surface area contributed by atoms with Gasteiger partial charge < -0.3 is 10.3 Å². The van der Waals surface area contributed by atoms with Gasteiger partial charge in [0, 0.05) is 30.5 Å². The summed E-state index contributed by atoms with van der Waals surface area (Å²) in [5, 5.41) is 1.59. The number of thiophene rings is 1. The Morgan fingerprint density at radius 3 is 2.88 bits per heavy atom. The summed E-state index contributed by atoms with van der Waals surface area (Å²) >= 11 is 1.10. The first kappa shape index (κ1) is 12.1. The molecule has 17 heavy (non-hydrogen) atoms. The quantitative estimate of drug-likeness (QED) is 0.850. The predicted octanol–water partition coefficient (Wildman–Crippen LogP) is 0.542. The zero-order valence-electron chi connectivity index (χ0n) is 9.12. The summed E-state index contributed by atoms with van der Waals surface area (Å²) in [7, 11) is -1.69. The molecule has 3 N–H and O–H groups in total. The fourth-order valence-corrected chi connectivity index (χ4v) is 3.37. The highest BCUT2D eigenvalue weighted by molar-refractivity contribution is 7.91. The van der Waals surface area contributed by atoms with Crippen LogP contribution in [0, 0.1) is 0 Å². The van der Waals surface area contributed by atoms with Crippen LogP contribution in [0.1, 0.15) is 5.82 Å². The van der Waals surface area contributed by atoms with Crippen molar-refractivity contribution < 1.29 is 8.42 Å². The second kappa shape index (κ2) is 4.47. The van der Waals surface area contributed by atoms with E-state index >= 15 is 0 Å². The second-order valence-corrected chi connectivity index (χ2v) is 6.38. The second-order valence-electron chi connectivity index (χ2n) is 3.48. The monoisotopic (exact) mass is 272 g/mol. The van der Waals surface area contributed by atoms with Crippen molar-refractivity contribution in [3.05, 3.63) is 29.7 Å². The van der Waals surface area contributed by atoms with E-state index in [1.165, 1.54) is 6.07 Å². The van der Waals surface area contributed by atoms with Crippen molar-refractivity contribution in [2.45, 2.75) is 10.8 Å². The van der Waals surface area contributed by atoms with Gasteiger partial charge in [0.25, 0.3) is 10.0 Å². The molecule has 0 aliphatic rings. The molecule has 0 amide bonds. The highest BCUT2D eigenvalue weighted by Crippen LogP contribution is 2.21. The van der Waals surface area contributed by atoms with E-state index in [2.05, 4.69) is 9.71 Å². The maximum atomic E-state index is 11.9. The van der Waals surface area contributed by atoms with Crippen LogP contribution in [0.3, 0.4) is 0 Å². The number of nitrogens with two attached hydrogens (primary N) is 1. The number of anilines is 1. The van der Waals surface area contributed by atoms with Crippen molar-refractivity contribution in [2.24, 2.45) is 7.05 Å². The molecule has 0 radical (unpaired) electrons. The van der Waals surface area contributed by atoms with Crippen LogP contribution in [0.15, 0.2) is 28.0 Å². The molecule has 6 nitrogen and oxygen atoms in total. The number of nitrogen functional groups attached to an aromatic ring is 1. The molecule has 2 aromatic heterocycles. The Morgan fingerprint density at radius 2 is 2.35 bits per heavy atom. The molecule has 0 unspecified atom stereocenters. The summed E-state index contributed by atoms with van der Waals surface area (Å²) < 4.78 is 28.2. The maximum Gasteiger partial charge on any atom is 0.250 e. The lowest BCUT2D eigenvalue weighted by Crippen LogP contribution is -2.24. The van der Waals surface area contributed by atoms with Crippen molar-refractivity contribution in [3.63, 3.8) is 0 Å². The standard InChI is InChI=1S/C9H12N4O2S2/c1-13-3-2-11-8(13)5-12-17(14,15)9-4-7(10)6-16-9/h2-4,6,12H,5,10H2,1H3. The van der Waals surface area contributed by atoms with Crippen LogP contribution in [-0.2, 0) is 23.6 Å². The van der Waals surface area contributed by atoms with E-state index in [9.17, 15) is 8.42 Å². The van der Waals surface area contributed by atoms with Crippen LogP contribution >= 0.6 is 11.3 Å². The van der Waals surface area contributed by atoms with Crippen LogP contribution < -0.4 is 10.5 Å². The third kappa shape index (κ3) is 2.65. The zero-order valence-corrected chi connectivity index (χ0v) is 10.8. The topological polar surface area (TPSA) is 90.0 Å². The molecule has 0 saturated heterocycles. The Kier molecular flexibility index (Phi) is 3.18. The van der Waals surface area contributed by atoms with E-state index in [1.54, 1.807) is 29.4 Å². The van der Waals surface area contributed by atoms with Gasteiger partial charge >= 0.3 is 0 Å². The molecule has 8 heteroatoms. The van der Waals surface area contributed by atoms with Gasteiger partial charge in [0.15, 0.2) is 0 Å². The molecule has 2 heterocycles. The maximum absolute atomic E-state index is 11.9. The molecule has 0 saturated carbocycles. The number of hydrogen-bond acceptors (Lipinski definition) is 5. The van der Waals surface area contributed by atoms with E-state index in [4.69, 9.17) is 5.73 Å². The Labute approximate surface area is 103 Å². The normalized spacial score (nSPS) is 11.8. The summed E-state index contributed by atoms with van der Waals surface area (Å²) in [5.74, 6) is 0.651. The summed E-state index contributed by atoms with van der Waals surface area (Å²) in [6.45, 7) is 0.156. The summed E-state index contributed by atoms with van der Waals surface area (Å²) in [5.41, 5.74) is 5.94. The van der Waals surface area contributed by atoms with Crippen LogP contribution in [0.2, 0.25) is 0 Å². The van der Waals surface area contributed by atoms with Gasteiger partial charge in [-0.15, -0.1) is 11.3 Å². The molecular weight excluding hydrogens is 260 g/mol. The van der Waals surface area contributed by atoms with Gasteiger partial charge in [-0.3, -0.25) is 0 Å². The Morgan fingerprint density at radius 1 is 1.59 bits per heavy atom. The minimum absolute atomic E-state index is 0.156. The van der Waals surface area contributed by atoms with Crippen molar-refractivity contribution in [2.75, 3.05) is 5.73 Å². The number of aromatic nitrogens is 2. The van der Waals surface area contributed by atoms with E-state index in [-0.39, 0.29) is 10.8 Å². The Balaban J connectivity index is 2.11. The van der Waals surface area contributed by atoms with Gasteiger partial charge in [-0.25, -0.2) is 18.1 Å². The fraction of sp³-hybridized carbons (Fsp3) is 0.222. The molecule has 0 fully saturated rings. The lowest BCUT2D eigenvalue weighted by atomic mass is 10.6. The van der Waals surface area contributed by atoms with Gasteiger partial charge in [0.2, 0.25) is 0 Å². The van der Waals surface area contributed by atoms with Gasteiger partial charge in [-0.05, 0) is 6.07 Å². The smallest absolute Gasteiger partial charge is 0.250 e. The molecule has 0 aromatic carbocycles. The molecule has 0 atom stereocenters. The SMILES string of the molecule is Cn1ccnc1CNS(=O)(=O)c1cc(N)cs1. The first-order chi connectivity index (χ1) is 7.99. The highest BCUT2D eigenvalue weighted by Gasteiger charge is 2.16. The number of hydrogen-bond donors (Lipinski definition) is 2. The van der Waals surface area contributed by atoms with Crippen LogP contribution in [0.5, 0.6) is 0 Å². The molecule has 0 aliphatic heterocycles. The van der Waals surface area contributed by atoms with E-state index in [1.807, 2.05) is 0 Å². The van der Waals surface area contributed by atoms with E-state index in [0.29, 0.717) is 11.5 Å². The first-order valence-electron chi connectivity index (χ1n) is 4.79. The number of nitrogens with one attached hydrogen (secondary N) is 1. The predicted molar refractivity (Wildman–Crippen MR) is 66.0 cm³/mol. The van der Waals surface area contributed by atoms with Crippen molar-refractivity contribution in [1.29, 1.82) is 0 Å². The summed E-state index contributed by atoms with van der Waals surface area (Å²) in [4.78, 5) is 4.03. The minimum Gasteiger partial charge on any atom is -0.398 e. The Bertz CT molecular complexity index is 614.